The summed E-state index contributed by atoms with van der Waals surface area (Å²) in [6.07, 6.45) is 2.51. The Bertz CT molecular complexity index is 1540. The predicted molar refractivity (Wildman–Crippen MR) is 143 cm³/mol. The minimum Gasteiger partial charge on any atom is -0.438 e. The number of aryl methyl sites for hydroxylation is 4. The van der Waals surface area contributed by atoms with Crippen LogP contribution in [0.3, 0.4) is 0 Å². The van der Waals surface area contributed by atoms with Gasteiger partial charge in [0, 0.05) is 25.7 Å². The van der Waals surface area contributed by atoms with Gasteiger partial charge in [-0.2, -0.15) is 8.42 Å². The molecule has 0 unspecified atom stereocenters. The second-order valence-corrected chi connectivity index (χ2v) is 11.0. The third kappa shape index (κ3) is 5.91. The van der Waals surface area contributed by atoms with Crippen molar-refractivity contribution in [2.75, 3.05) is 13.1 Å². The maximum atomic E-state index is 13.3. The molecule has 0 saturated heterocycles. The summed E-state index contributed by atoms with van der Waals surface area (Å²) in [4.78, 5) is 35.4. The van der Waals surface area contributed by atoms with Gasteiger partial charge in [-0.3, -0.25) is 9.59 Å². The average Bonchev–Trinajstić information content (AvgIpc) is 2.86. The van der Waals surface area contributed by atoms with E-state index in [9.17, 15) is 18.0 Å². The normalized spacial score (nSPS) is 13.6. The zero-order valence-electron chi connectivity index (χ0n) is 22.0. The van der Waals surface area contributed by atoms with E-state index < -0.39 is 15.9 Å². The van der Waals surface area contributed by atoms with Crippen molar-refractivity contribution >= 4 is 27.4 Å². The molecule has 0 spiro atoms. The average molecular weight is 535 g/mol. The van der Waals surface area contributed by atoms with Gasteiger partial charge in [0.1, 0.15) is 11.3 Å². The van der Waals surface area contributed by atoms with Crippen molar-refractivity contribution < 1.29 is 22.7 Å². The number of benzene rings is 1. The second-order valence-electron chi connectivity index (χ2n) is 9.38. The number of amides is 2. The number of nitrogens with zero attached hydrogens (tertiary/aromatic N) is 3. The van der Waals surface area contributed by atoms with E-state index >= 15 is 0 Å². The predicted octanol–water partition coefficient (Wildman–Crippen LogP) is 4.26. The molecule has 38 heavy (non-hydrogen) atoms. The van der Waals surface area contributed by atoms with Crippen LogP contribution in [0.1, 0.15) is 51.8 Å². The summed E-state index contributed by atoms with van der Waals surface area (Å²) < 4.78 is 34.1. The number of aromatic nitrogens is 2. The lowest BCUT2D eigenvalue weighted by Gasteiger charge is -2.25. The van der Waals surface area contributed by atoms with E-state index in [1.165, 1.54) is 19.1 Å². The van der Waals surface area contributed by atoms with E-state index in [1.807, 2.05) is 39.0 Å². The van der Waals surface area contributed by atoms with Gasteiger partial charge in [0.05, 0.1) is 5.69 Å². The molecule has 2 aromatic heterocycles. The van der Waals surface area contributed by atoms with Crippen molar-refractivity contribution in [1.29, 1.82) is 0 Å². The zero-order valence-corrected chi connectivity index (χ0v) is 22.8. The molecule has 0 fully saturated rings. The van der Waals surface area contributed by atoms with Gasteiger partial charge in [-0.1, -0.05) is 29.8 Å². The molecule has 1 aliphatic heterocycles. The minimum absolute atomic E-state index is 0.000990. The largest absolute Gasteiger partial charge is 0.438 e. The van der Waals surface area contributed by atoms with Crippen LogP contribution in [0.5, 0.6) is 11.6 Å². The molecular formula is C28H30N4O5S. The third-order valence-electron chi connectivity index (χ3n) is 6.26. The lowest BCUT2D eigenvalue weighted by Crippen LogP contribution is -2.33. The van der Waals surface area contributed by atoms with Gasteiger partial charge in [0.2, 0.25) is 11.8 Å². The summed E-state index contributed by atoms with van der Waals surface area (Å²) in [5.41, 5.74) is 4.74. The molecule has 4 rings (SSSR count). The zero-order chi connectivity index (χ0) is 27.6. The monoisotopic (exact) mass is 534 g/mol. The SMILES string of the molecule is CC(=O)N1CC=C(c2ccc(C(=O)NS(=O)(=O)c3cccc(C)n3)c(Oc3c(C)cc(C)cc3C)n2)CC1. The van der Waals surface area contributed by atoms with E-state index in [-0.39, 0.29) is 22.4 Å². The van der Waals surface area contributed by atoms with Gasteiger partial charge in [-0.25, -0.2) is 14.7 Å². The molecule has 3 aromatic rings. The standard InChI is InChI=1S/C28H30N4O5S/c1-17-15-18(2)26(19(3)16-17)37-28-23(27(34)31-38(35,36)25-8-6-7-20(4)29-25)9-10-24(30-28)22-11-13-32(14-12-22)21(5)33/h6-11,15-16H,12-14H2,1-5H3,(H,31,34). The number of carbonyl (C=O) groups is 2. The van der Waals surface area contributed by atoms with E-state index in [0.29, 0.717) is 36.6 Å². The molecule has 0 radical (unpaired) electrons. The van der Waals surface area contributed by atoms with Gasteiger partial charge in [0.15, 0.2) is 5.03 Å². The van der Waals surface area contributed by atoms with Gasteiger partial charge in [0.25, 0.3) is 15.9 Å². The van der Waals surface area contributed by atoms with Gasteiger partial charge < -0.3 is 9.64 Å². The summed E-state index contributed by atoms with van der Waals surface area (Å²) in [5, 5.41) is -0.259. The fourth-order valence-corrected chi connectivity index (χ4v) is 5.36. The Kier molecular flexibility index (Phi) is 7.63. The first-order chi connectivity index (χ1) is 17.9. The van der Waals surface area contributed by atoms with Crippen LogP contribution in [0.2, 0.25) is 0 Å². The van der Waals surface area contributed by atoms with Crippen LogP contribution in [0.15, 0.2) is 53.6 Å². The smallest absolute Gasteiger partial charge is 0.281 e. The maximum Gasteiger partial charge on any atom is 0.281 e. The number of rotatable bonds is 6. The number of pyridine rings is 2. The van der Waals surface area contributed by atoms with Crippen LogP contribution >= 0.6 is 0 Å². The van der Waals surface area contributed by atoms with Crippen molar-refractivity contribution in [1.82, 2.24) is 19.6 Å². The molecule has 10 heteroatoms. The van der Waals surface area contributed by atoms with Gasteiger partial charge in [-0.15, -0.1) is 0 Å². The van der Waals surface area contributed by atoms with Gasteiger partial charge in [-0.05, 0) is 75.1 Å². The lowest BCUT2D eigenvalue weighted by molar-refractivity contribution is -0.128. The molecule has 0 atom stereocenters. The van der Waals surface area contributed by atoms with E-state index in [0.717, 1.165) is 22.3 Å². The summed E-state index contributed by atoms with van der Waals surface area (Å²) in [6.45, 7) is 9.98. The quantitative estimate of drug-likeness (QED) is 0.502. The highest BCUT2D eigenvalue weighted by Crippen LogP contribution is 2.32. The first-order valence-electron chi connectivity index (χ1n) is 12.2. The van der Waals surface area contributed by atoms with Crippen LogP contribution in [0, 0.1) is 27.7 Å². The molecule has 9 nitrogen and oxygen atoms in total. The van der Waals surface area contributed by atoms with Gasteiger partial charge >= 0.3 is 0 Å². The Labute approximate surface area is 222 Å². The summed E-state index contributed by atoms with van der Waals surface area (Å²) in [6, 6.07) is 11.6. The molecule has 1 aliphatic rings. The Balaban J connectivity index is 1.73. The molecule has 1 aromatic carbocycles. The van der Waals surface area contributed by atoms with Crippen molar-refractivity contribution in [3.8, 4) is 11.6 Å². The molecular weight excluding hydrogens is 504 g/mol. The highest BCUT2D eigenvalue weighted by atomic mass is 32.2. The van der Waals surface area contributed by atoms with Crippen LogP contribution in [-0.4, -0.2) is 48.2 Å². The molecule has 198 valence electrons. The maximum absolute atomic E-state index is 13.3. The number of hydrogen-bond donors (Lipinski definition) is 1. The molecule has 0 bridgehead atoms. The number of hydrogen-bond acceptors (Lipinski definition) is 7. The fourth-order valence-electron chi connectivity index (χ4n) is 4.38. The molecule has 0 saturated carbocycles. The van der Waals surface area contributed by atoms with Crippen LogP contribution in [-0.2, 0) is 14.8 Å². The molecule has 2 amide bonds. The first-order valence-corrected chi connectivity index (χ1v) is 13.7. The first kappa shape index (κ1) is 27.0. The van der Waals surface area contributed by atoms with Crippen LogP contribution in [0.4, 0.5) is 0 Å². The Morgan fingerprint density at radius 2 is 1.71 bits per heavy atom. The highest BCUT2D eigenvalue weighted by molar-refractivity contribution is 7.90. The minimum atomic E-state index is -4.23. The van der Waals surface area contributed by atoms with Crippen molar-refractivity contribution in [2.45, 2.75) is 46.1 Å². The fraction of sp³-hybridized carbons (Fsp3) is 0.286. The Morgan fingerprint density at radius 3 is 2.32 bits per heavy atom. The topological polar surface area (TPSA) is 119 Å². The van der Waals surface area contributed by atoms with Crippen LogP contribution < -0.4 is 9.46 Å². The van der Waals surface area contributed by atoms with E-state index in [2.05, 4.69) is 14.7 Å². The van der Waals surface area contributed by atoms with Crippen molar-refractivity contribution in [2.24, 2.45) is 0 Å². The number of carbonyl (C=O) groups excluding carboxylic acids is 2. The lowest BCUT2D eigenvalue weighted by atomic mass is 10.0. The Hall–Kier alpha value is -4.05. The van der Waals surface area contributed by atoms with Crippen LogP contribution in [0.25, 0.3) is 5.57 Å². The second kappa shape index (κ2) is 10.7. The number of sulfonamides is 1. The molecule has 3 heterocycles. The molecule has 1 N–H and O–H groups in total. The third-order valence-corrected chi connectivity index (χ3v) is 7.49. The highest BCUT2D eigenvalue weighted by Gasteiger charge is 2.25. The van der Waals surface area contributed by atoms with Crippen molar-refractivity contribution in [3.05, 3.63) is 82.2 Å². The number of ether oxygens (including phenoxy) is 1. The summed E-state index contributed by atoms with van der Waals surface area (Å²) in [7, 11) is -4.23. The van der Waals surface area contributed by atoms with E-state index in [1.54, 1.807) is 30.0 Å². The summed E-state index contributed by atoms with van der Waals surface area (Å²) in [5.74, 6) is -0.362. The van der Waals surface area contributed by atoms with E-state index in [4.69, 9.17) is 4.74 Å². The summed E-state index contributed by atoms with van der Waals surface area (Å²) >= 11 is 0. The molecule has 0 aliphatic carbocycles. The number of nitrogens with one attached hydrogen (secondary N) is 1. The van der Waals surface area contributed by atoms with Crippen molar-refractivity contribution in [3.63, 3.8) is 0 Å². The Morgan fingerprint density at radius 1 is 1.00 bits per heavy atom.